The molecule has 1 aliphatic heterocycles. The maximum atomic E-state index is 12.9. The van der Waals surface area contributed by atoms with E-state index in [1.807, 2.05) is 17.5 Å². The van der Waals surface area contributed by atoms with E-state index >= 15 is 0 Å². The molecule has 0 atom stereocenters. The van der Waals surface area contributed by atoms with Crippen molar-refractivity contribution in [3.63, 3.8) is 0 Å². The number of benzene rings is 1. The minimum Gasteiger partial charge on any atom is -0.444 e. The number of hydrogen-bond donors (Lipinski definition) is 0. The van der Waals surface area contributed by atoms with E-state index in [2.05, 4.69) is 15.2 Å². The molecule has 3 aromatic heterocycles. The number of ether oxygens (including phenoxy) is 1. The van der Waals surface area contributed by atoms with Crippen molar-refractivity contribution in [2.75, 3.05) is 26.3 Å². The van der Waals surface area contributed by atoms with Crippen molar-refractivity contribution in [1.29, 1.82) is 0 Å². The molecule has 1 aliphatic rings. The summed E-state index contributed by atoms with van der Waals surface area (Å²) in [5.74, 6) is 1.34. The lowest BCUT2D eigenvalue weighted by molar-refractivity contribution is 0.0730. The Bertz CT molecular complexity index is 1290. The van der Waals surface area contributed by atoms with Gasteiger partial charge >= 0.3 is 0 Å². The van der Waals surface area contributed by atoms with E-state index in [0.717, 1.165) is 10.6 Å². The van der Waals surface area contributed by atoms with Gasteiger partial charge in [0, 0.05) is 24.4 Å². The fourth-order valence-corrected chi connectivity index (χ4v) is 5.88. The summed E-state index contributed by atoms with van der Waals surface area (Å²) in [6, 6.07) is 10.4. The average molecular weight is 491 g/mol. The molecule has 1 aromatic carbocycles. The number of morpholine rings is 1. The molecule has 1 saturated heterocycles. The molecular formula is C20H18N4O5S3. The SMILES string of the molecule is O=S(=O)(c1cccc(-c2nnc(SCc3coc(-c4cccs4)n3)o2)c1)N1CCOCC1. The Morgan fingerprint density at radius 1 is 1.09 bits per heavy atom. The highest BCUT2D eigenvalue weighted by Gasteiger charge is 2.27. The van der Waals surface area contributed by atoms with Crippen molar-refractivity contribution in [3.8, 4) is 22.2 Å². The number of nitrogens with zero attached hydrogens (tertiary/aromatic N) is 4. The molecule has 0 amide bonds. The summed E-state index contributed by atoms with van der Waals surface area (Å²) in [6.07, 6.45) is 1.61. The second-order valence-electron chi connectivity index (χ2n) is 6.83. The third-order valence-corrected chi connectivity index (χ3v) is 8.33. The molecule has 5 rings (SSSR count). The predicted molar refractivity (Wildman–Crippen MR) is 119 cm³/mol. The van der Waals surface area contributed by atoms with Crippen LogP contribution in [-0.4, -0.2) is 54.2 Å². The van der Waals surface area contributed by atoms with Crippen molar-refractivity contribution in [2.45, 2.75) is 15.9 Å². The molecule has 0 unspecified atom stereocenters. The zero-order valence-corrected chi connectivity index (χ0v) is 19.2. The normalized spacial score (nSPS) is 15.2. The van der Waals surface area contributed by atoms with Crippen LogP contribution in [0, 0.1) is 0 Å². The van der Waals surface area contributed by atoms with Crippen LogP contribution < -0.4 is 0 Å². The van der Waals surface area contributed by atoms with Crippen LogP contribution in [0.1, 0.15) is 5.69 Å². The maximum Gasteiger partial charge on any atom is 0.277 e. The van der Waals surface area contributed by atoms with E-state index in [9.17, 15) is 8.42 Å². The first-order chi connectivity index (χ1) is 15.6. The molecule has 0 spiro atoms. The number of rotatable bonds is 7. The van der Waals surface area contributed by atoms with E-state index in [-0.39, 0.29) is 10.8 Å². The molecule has 4 heterocycles. The van der Waals surface area contributed by atoms with E-state index in [1.54, 1.807) is 41.9 Å². The summed E-state index contributed by atoms with van der Waals surface area (Å²) in [5.41, 5.74) is 1.30. The van der Waals surface area contributed by atoms with E-state index in [4.69, 9.17) is 13.6 Å². The van der Waals surface area contributed by atoms with Gasteiger partial charge in [-0.3, -0.25) is 0 Å². The van der Waals surface area contributed by atoms with E-state index in [1.165, 1.54) is 16.1 Å². The highest BCUT2D eigenvalue weighted by molar-refractivity contribution is 7.98. The third kappa shape index (κ3) is 4.50. The van der Waals surface area contributed by atoms with Crippen LogP contribution >= 0.6 is 23.1 Å². The van der Waals surface area contributed by atoms with Gasteiger partial charge in [-0.25, -0.2) is 13.4 Å². The Morgan fingerprint density at radius 2 is 1.97 bits per heavy atom. The van der Waals surface area contributed by atoms with Crippen LogP contribution in [0.25, 0.3) is 22.2 Å². The summed E-state index contributed by atoms with van der Waals surface area (Å²) in [5, 5.41) is 10.5. The molecule has 1 fully saturated rings. The lowest BCUT2D eigenvalue weighted by atomic mass is 10.2. The lowest BCUT2D eigenvalue weighted by Gasteiger charge is -2.26. The molecule has 4 aromatic rings. The molecule has 32 heavy (non-hydrogen) atoms. The van der Waals surface area contributed by atoms with E-state index in [0.29, 0.717) is 48.7 Å². The molecule has 0 aliphatic carbocycles. The Balaban J connectivity index is 1.28. The quantitative estimate of drug-likeness (QED) is 0.357. The number of aromatic nitrogens is 3. The molecule has 12 heteroatoms. The lowest BCUT2D eigenvalue weighted by Crippen LogP contribution is -2.40. The first-order valence-electron chi connectivity index (χ1n) is 9.72. The monoisotopic (exact) mass is 490 g/mol. The number of thiophene rings is 1. The van der Waals surface area contributed by atoms with Crippen LogP contribution in [0.15, 0.2) is 67.0 Å². The Morgan fingerprint density at radius 3 is 2.78 bits per heavy atom. The molecular weight excluding hydrogens is 472 g/mol. The van der Waals surface area contributed by atoms with Gasteiger partial charge in [-0.1, -0.05) is 23.9 Å². The van der Waals surface area contributed by atoms with Gasteiger partial charge in [-0.05, 0) is 29.6 Å². The summed E-state index contributed by atoms with van der Waals surface area (Å²) in [6.45, 7) is 1.46. The van der Waals surface area contributed by atoms with E-state index < -0.39 is 10.0 Å². The first kappa shape index (κ1) is 21.3. The second kappa shape index (κ2) is 9.16. The van der Waals surface area contributed by atoms with Gasteiger partial charge in [-0.15, -0.1) is 21.5 Å². The summed E-state index contributed by atoms with van der Waals surface area (Å²) in [7, 11) is -3.61. The maximum absolute atomic E-state index is 12.9. The summed E-state index contributed by atoms with van der Waals surface area (Å²) >= 11 is 2.89. The van der Waals surface area contributed by atoms with Gasteiger partial charge in [0.1, 0.15) is 6.26 Å². The topological polar surface area (TPSA) is 112 Å². The van der Waals surface area contributed by atoms with Crippen LogP contribution in [0.2, 0.25) is 0 Å². The minimum atomic E-state index is -3.61. The fraction of sp³-hybridized carbons (Fsp3) is 0.250. The molecule has 0 N–H and O–H groups in total. The minimum absolute atomic E-state index is 0.188. The van der Waals surface area contributed by atoms with Gasteiger partial charge < -0.3 is 13.6 Å². The Labute approximate surface area is 192 Å². The van der Waals surface area contributed by atoms with Crippen molar-refractivity contribution >= 4 is 33.1 Å². The molecule has 0 bridgehead atoms. The van der Waals surface area contributed by atoms with Crippen molar-refractivity contribution in [3.05, 3.63) is 53.7 Å². The number of hydrogen-bond acceptors (Lipinski definition) is 10. The molecule has 0 saturated carbocycles. The summed E-state index contributed by atoms with van der Waals surface area (Å²) in [4.78, 5) is 5.62. The fourth-order valence-electron chi connectivity index (χ4n) is 3.13. The third-order valence-electron chi connectivity index (χ3n) is 4.72. The van der Waals surface area contributed by atoms with Crippen LogP contribution in [0.4, 0.5) is 0 Å². The van der Waals surface area contributed by atoms with Crippen molar-refractivity contribution < 1.29 is 22.0 Å². The average Bonchev–Trinajstić information content (AvgIpc) is 3.60. The van der Waals surface area contributed by atoms with Crippen LogP contribution in [-0.2, 0) is 20.5 Å². The molecule has 166 valence electrons. The highest BCUT2D eigenvalue weighted by Crippen LogP contribution is 2.29. The summed E-state index contributed by atoms with van der Waals surface area (Å²) < 4.78 is 43.7. The smallest absolute Gasteiger partial charge is 0.277 e. The van der Waals surface area contributed by atoms with Gasteiger partial charge in [0.15, 0.2) is 0 Å². The van der Waals surface area contributed by atoms with Crippen LogP contribution in [0.3, 0.4) is 0 Å². The largest absolute Gasteiger partial charge is 0.444 e. The van der Waals surface area contributed by atoms with Gasteiger partial charge in [0.25, 0.3) is 5.22 Å². The zero-order valence-electron chi connectivity index (χ0n) is 16.7. The van der Waals surface area contributed by atoms with Crippen molar-refractivity contribution in [2.24, 2.45) is 0 Å². The Kier molecular flexibility index (Phi) is 6.11. The standard InChI is InChI=1S/C20H18N4O5S3/c25-32(26,24-6-8-27-9-7-24)16-4-1-3-14(11-16)18-22-23-20(29-18)31-13-15-12-28-19(21-15)17-5-2-10-30-17/h1-5,10-12H,6-9,13H2. The van der Waals surface area contributed by atoms with Crippen molar-refractivity contribution in [1.82, 2.24) is 19.5 Å². The predicted octanol–water partition coefficient (Wildman–Crippen LogP) is 3.77. The molecule has 9 nitrogen and oxygen atoms in total. The zero-order chi connectivity index (χ0) is 22.0. The van der Waals surface area contributed by atoms with Gasteiger partial charge in [-0.2, -0.15) is 4.31 Å². The second-order valence-corrected chi connectivity index (χ2v) is 10.6. The van der Waals surface area contributed by atoms with Gasteiger partial charge in [0.2, 0.25) is 21.8 Å². The van der Waals surface area contributed by atoms with Crippen LogP contribution in [0.5, 0.6) is 0 Å². The highest BCUT2D eigenvalue weighted by atomic mass is 32.2. The number of thioether (sulfide) groups is 1. The molecule has 0 radical (unpaired) electrons. The first-order valence-corrected chi connectivity index (χ1v) is 13.0. The number of sulfonamides is 1. The Hall–Kier alpha value is -2.51. The van der Waals surface area contributed by atoms with Gasteiger partial charge in [0.05, 0.1) is 28.7 Å². The number of oxazole rings is 1.